The summed E-state index contributed by atoms with van der Waals surface area (Å²) >= 11 is 0. The van der Waals surface area contributed by atoms with E-state index in [1.54, 1.807) is 0 Å². The summed E-state index contributed by atoms with van der Waals surface area (Å²) in [4.78, 5) is 11.7. The van der Waals surface area contributed by atoms with Gasteiger partial charge in [-0.2, -0.15) is 0 Å². The van der Waals surface area contributed by atoms with E-state index in [9.17, 15) is 4.79 Å². The summed E-state index contributed by atoms with van der Waals surface area (Å²) in [5.41, 5.74) is 1.51. The molecule has 0 bridgehead atoms. The number of allylic oxidation sites excluding steroid dienone is 2. The van der Waals surface area contributed by atoms with Crippen molar-refractivity contribution in [2.24, 2.45) is 23.7 Å². The molecule has 0 spiro atoms. The van der Waals surface area contributed by atoms with Crippen molar-refractivity contribution in [1.29, 1.82) is 0 Å². The maximum Gasteiger partial charge on any atom is 0.155 e. The Morgan fingerprint density at radius 3 is 2.16 bits per heavy atom. The summed E-state index contributed by atoms with van der Waals surface area (Å²) in [6.07, 6.45) is 24.0. The third-order valence-corrected chi connectivity index (χ3v) is 7.56. The number of carbonyl (C=O) groups excluding carboxylic acids is 1. The highest BCUT2D eigenvalue weighted by Gasteiger charge is 2.32. The number of hydrogen-bond donors (Lipinski definition) is 0. The van der Waals surface area contributed by atoms with Crippen molar-refractivity contribution in [2.45, 2.75) is 110 Å². The van der Waals surface area contributed by atoms with Gasteiger partial charge in [-0.1, -0.05) is 57.4 Å². The monoisotopic (exact) mass is 344 g/mol. The molecule has 0 aromatic carbocycles. The van der Waals surface area contributed by atoms with Crippen LogP contribution in [-0.2, 0) is 4.79 Å². The number of ketones is 1. The second-order valence-electron chi connectivity index (χ2n) is 9.28. The summed E-state index contributed by atoms with van der Waals surface area (Å²) < 4.78 is 0. The van der Waals surface area contributed by atoms with E-state index < -0.39 is 0 Å². The minimum absolute atomic E-state index is 0.389. The summed E-state index contributed by atoms with van der Waals surface area (Å²) in [7, 11) is 0. The van der Waals surface area contributed by atoms with Crippen LogP contribution in [-0.4, -0.2) is 5.78 Å². The first-order valence-corrected chi connectivity index (χ1v) is 11.5. The van der Waals surface area contributed by atoms with Gasteiger partial charge in [-0.25, -0.2) is 0 Å². The van der Waals surface area contributed by atoms with Crippen molar-refractivity contribution in [3.8, 4) is 0 Å². The molecule has 3 rings (SSSR count). The van der Waals surface area contributed by atoms with Crippen molar-refractivity contribution >= 4 is 5.78 Å². The molecule has 0 saturated heterocycles. The van der Waals surface area contributed by atoms with Crippen LogP contribution in [0.3, 0.4) is 0 Å². The molecule has 1 nitrogen and oxygen atoms in total. The Morgan fingerprint density at radius 1 is 0.840 bits per heavy atom. The largest absolute Gasteiger partial charge is 0.295 e. The van der Waals surface area contributed by atoms with Crippen LogP contribution in [0.4, 0.5) is 0 Å². The molecule has 0 aliphatic heterocycles. The zero-order chi connectivity index (χ0) is 17.5. The normalized spacial score (nSPS) is 34.0. The highest BCUT2D eigenvalue weighted by molar-refractivity contribution is 5.91. The van der Waals surface area contributed by atoms with Crippen molar-refractivity contribution in [3.05, 3.63) is 11.6 Å². The Balaban J connectivity index is 1.36. The molecule has 25 heavy (non-hydrogen) atoms. The fourth-order valence-corrected chi connectivity index (χ4v) is 5.91. The Kier molecular flexibility index (Phi) is 7.62. The van der Waals surface area contributed by atoms with Crippen molar-refractivity contribution in [2.75, 3.05) is 0 Å². The van der Waals surface area contributed by atoms with Gasteiger partial charge >= 0.3 is 0 Å². The third kappa shape index (κ3) is 5.69. The van der Waals surface area contributed by atoms with Crippen molar-refractivity contribution in [3.63, 3.8) is 0 Å². The lowest BCUT2D eigenvalue weighted by atomic mass is 9.67. The van der Waals surface area contributed by atoms with Gasteiger partial charge in [0.1, 0.15) is 0 Å². The van der Waals surface area contributed by atoms with Crippen molar-refractivity contribution in [1.82, 2.24) is 0 Å². The van der Waals surface area contributed by atoms with Gasteiger partial charge in [0, 0.05) is 6.42 Å². The highest BCUT2D eigenvalue weighted by Crippen LogP contribution is 2.44. The van der Waals surface area contributed by atoms with E-state index in [0.29, 0.717) is 5.78 Å². The average molecular weight is 345 g/mol. The zero-order valence-corrected chi connectivity index (χ0v) is 16.6. The van der Waals surface area contributed by atoms with Crippen LogP contribution in [0.2, 0.25) is 0 Å². The van der Waals surface area contributed by atoms with Gasteiger partial charge in [-0.05, 0) is 81.1 Å². The Bertz CT molecular complexity index is 433. The molecule has 1 heteroatoms. The predicted molar refractivity (Wildman–Crippen MR) is 107 cm³/mol. The van der Waals surface area contributed by atoms with Gasteiger partial charge in [0.15, 0.2) is 5.78 Å². The second-order valence-corrected chi connectivity index (χ2v) is 9.28. The van der Waals surface area contributed by atoms with E-state index in [0.717, 1.165) is 36.5 Å². The topological polar surface area (TPSA) is 17.1 Å². The molecule has 3 aliphatic carbocycles. The zero-order valence-electron chi connectivity index (χ0n) is 16.6. The number of rotatable bonds is 7. The molecule has 2 fully saturated rings. The lowest BCUT2D eigenvalue weighted by Crippen LogP contribution is -2.26. The van der Waals surface area contributed by atoms with Gasteiger partial charge < -0.3 is 0 Å². The maximum absolute atomic E-state index is 11.7. The summed E-state index contributed by atoms with van der Waals surface area (Å²) in [5.74, 6) is 4.20. The molecule has 0 N–H and O–H groups in total. The third-order valence-electron chi connectivity index (χ3n) is 7.56. The number of hydrogen-bond acceptors (Lipinski definition) is 1. The van der Waals surface area contributed by atoms with Crippen LogP contribution < -0.4 is 0 Å². The predicted octanol–water partition coefficient (Wildman–Crippen LogP) is 7.25. The van der Waals surface area contributed by atoms with Crippen LogP contribution in [0, 0.1) is 23.7 Å². The van der Waals surface area contributed by atoms with E-state index in [1.165, 1.54) is 95.5 Å². The molecule has 2 saturated carbocycles. The standard InChI is InChI=1S/C24H40O/c1-2-3-4-5-7-19-10-12-20(13-11-19)21-14-16-22(17-15-21)23-8-6-9-24(25)18-23/h18-22H,2-17H2,1H3/t19-,20-,21?,22?. The molecular formula is C24H40O. The molecule has 0 radical (unpaired) electrons. The molecule has 0 amide bonds. The minimum Gasteiger partial charge on any atom is -0.295 e. The molecule has 142 valence electrons. The first-order chi connectivity index (χ1) is 12.3. The molecule has 0 unspecified atom stereocenters. The van der Waals surface area contributed by atoms with E-state index >= 15 is 0 Å². The fraction of sp³-hybridized carbons (Fsp3) is 0.875. The van der Waals surface area contributed by atoms with Crippen LogP contribution in [0.5, 0.6) is 0 Å². The molecular weight excluding hydrogens is 304 g/mol. The Hall–Kier alpha value is -0.590. The first-order valence-electron chi connectivity index (χ1n) is 11.5. The summed E-state index contributed by atoms with van der Waals surface area (Å²) in [6, 6.07) is 0. The van der Waals surface area contributed by atoms with Gasteiger partial charge in [0.2, 0.25) is 0 Å². The number of unbranched alkanes of at least 4 members (excludes halogenated alkanes) is 3. The maximum atomic E-state index is 11.7. The van der Waals surface area contributed by atoms with E-state index in [2.05, 4.69) is 6.92 Å². The summed E-state index contributed by atoms with van der Waals surface area (Å²) in [6.45, 7) is 2.31. The molecule has 0 aromatic rings. The Labute approximate surface area is 156 Å². The van der Waals surface area contributed by atoms with Gasteiger partial charge in [-0.15, -0.1) is 0 Å². The lowest BCUT2D eigenvalue weighted by molar-refractivity contribution is -0.115. The quantitative estimate of drug-likeness (QED) is 0.444. The summed E-state index contributed by atoms with van der Waals surface area (Å²) in [5, 5.41) is 0. The van der Waals surface area contributed by atoms with Crippen LogP contribution >= 0.6 is 0 Å². The minimum atomic E-state index is 0.389. The first kappa shape index (κ1) is 19.2. The van der Waals surface area contributed by atoms with E-state index in [-0.39, 0.29) is 0 Å². The van der Waals surface area contributed by atoms with E-state index in [1.807, 2.05) is 6.08 Å². The second kappa shape index (κ2) is 9.93. The number of carbonyl (C=O) groups is 1. The van der Waals surface area contributed by atoms with Gasteiger partial charge in [-0.3, -0.25) is 4.79 Å². The SMILES string of the molecule is CCCCCC[C@H]1CC[C@H](C2CCC(C3=CC(=O)CCC3)CC2)CC1. The fourth-order valence-electron chi connectivity index (χ4n) is 5.91. The van der Waals surface area contributed by atoms with Crippen LogP contribution in [0.15, 0.2) is 11.6 Å². The smallest absolute Gasteiger partial charge is 0.155 e. The lowest BCUT2D eigenvalue weighted by Gasteiger charge is -2.38. The van der Waals surface area contributed by atoms with Gasteiger partial charge in [0.25, 0.3) is 0 Å². The van der Waals surface area contributed by atoms with E-state index in [4.69, 9.17) is 0 Å². The van der Waals surface area contributed by atoms with Crippen molar-refractivity contribution < 1.29 is 4.79 Å². The Morgan fingerprint density at radius 2 is 1.52 bits per heavy atom. The average Bonchev–Trinajstić information content (AvgIpc) is 2.66. The molecule has 0 aromatic heterocycles. The molecule has 0 heterocycles. The van der Waals surface area contributed by atoms with Crippen LogP contribution in [0.25, 0.3) is 0 Å². The van der Waals surface area contributed by atoms with Crippen LogP contribution in [0.1, 0.15) is 110 Å². The van der Waals surface area contributed by atoms with Gasteiger partial charge in [0.05, 0.1) is 0 Å². The highest BCUT2D eigenvalue weighted by atomic mass is 16.1. The molecule has 3 aliphatic rings. The molecule has 0 atom stereocenters.